The zero-order chi connectivity index (χ0) is 12.4. The van der Waals surface area contributed by atoms with Crippen molar-refractivity contribution in [2.75, 3.05) is 6.54 Å². The number of phenolic OH excluding ortho intramolecular Hbond substituents is 3. The van der Waals surface area contributed by atoms with E-state index in [9.17, 15) is 0 Å². The molecular formula is C12H24N2O3. The van der Waals surface area contributed by atoms with Gasteiger partial charge in [-0.2, -0.15) is 0 Å². The van der Waals surface area contributed by atoms with Crippen molar-refractivity contribution in [3.8, 4) is 17.2 Å². The zero-order valence-electron chi connectivity index (χ0n) is 10.4. The van der Waals surface area contributed by atoms with Crippen molar-refractivity contribution in [3.05, 3.63) is 18.2 Å². The maximum Gasteiger partial charge on any atom is 0.200 e. The van der Waals surface area contributed by atoms with Gasteiger partial charge in [0.15, 0.2) is 17.2 Å². The predicted molar refractivity (Wildman–Crippen MR) is 69.7 cm³/mol. The topological polar surface area (TPSA) is 122 Å². The molecule has 1 aromatic rings. The van der Waals surface area contributed by atoms with Gasteiger partial charge in [-0.1, -0.05) is 32.3 Å². The van der Waals surface area contributed by atoms with Crippen LogP contribution in [0.15, 0.2) is 18.2 Å². The highest BCUT2D eigenvalue weighted by Gasteiger charge is 2.00. The first-order valence-corrected chi connectivity index (χ1v) is 5.53. The number of nitrogens with two attached hydrogens (primary N) is 1. The first-order chi connectivity index (χ1) is 7.63. The van der Waals surface area contributed by atoms with Crippen LogP contribution in [0.3, 0.4) is 0 Å². The van der Waals surface area contributed by atoms with E-state index in [1.54, 1.807) is 0 Å². The number of para-hydroxylation sites is 1. The van der Waals surface area contributed by atoms with E-state index >= 15 is 0 Å². The number of aromatic hydroxyl groups is 3. The predicted octanol–water partition coefficient (Wildman–Crippen LogP) is 2.49. The molecular weight excluding hydrogens is 220 g/mol. The number of unbranched alkanes of at least 4 members (excludes halogenated alkanes) is 3. The minimum atomic E-state index is -0.475. The van der Waals surface area contributed by atoms with E-state index in [0.29, 0.717) is 0 Å². The highest BCUT2D eigenvalue weighted by molar-refractivity contribution is 5.47. The Morgan fingerprint density at radius 3 is 1.88 bits per heavy atom. The second kappa shape index (κ2) is 11.0. The Morgan fingerprint density at radius 1 is 1.00 bits per heavy atom. The fraction of sp³-hybridized carbons (Fsp3) is 0.500. The normalized spacial score (nSPS) is 8.82. The summed E-state index contributed by atoms with van der Waals surface area (Å²) >= 11 is 0. The monoisotopic (exact) mass is 244 g/mol. The van der Waals surface area contributed by atoms with E-state index in [1.807, 2.05) is 0 Å². The summed E-state index contributed by atoms with van der Waals surface area (Å²) in [6, 6.07) is 4.01. The molecule has 0 atom stereocenters. The maximum atomic E-state index is 8.71. The molecule has 0 aliphatic carbocycles. The van der Waals surface area contributed by atoms with Crippen LogP contribution in [-0.2, 0) is 0 Å². The molecule has 5 heteroatoms. The molecule has 0 heterocycles. The van der Waals surface area contributed by atoms with Gasteiger partial charge in [-0.3, -0.25) is 0 Å². The summed E-state index contributed by atoms with van der Waals surface area (Å²) in [5.74, 6) is -1.09. The van der Waals surface area contributed by atoms with Gasteiger partial charge in [-0.25, -0.2) is 0 Å². The van der Waals surface area contributed by atoms with Crippen molar-refractivity contribution in [1.82, 2.24) is 6.15 Å². The Hall–Kier alpha value is -1.46. The van der Waals surface area contributed by atoms with E-state index in [2.05, 4.69) is 6.92 Å². The third-order valence-corrected chi connectivity index (χ3v) is 2.05. The van der Waals surface area contributed by atoms with E-state index < -0.39 is 5.75 Å². The van der Waals surface area contributed by atoms with Crippen molar-refractivity contribution in [2.24, 2.45) is 5.73 Å². The summed E-state index contributed by atoms with van der Waals surface area (Å²) in [6.45, 7) is 3.07. The van der Waals surface area contributed by atoms with Crippen LogP contribution in [0.25, 0.3) is 0 Å². The summed E-state index contributed by atoms with van der Waals surface area (Å²) in [4.78, 5) is 0. The third-order valence-electron chi connectivity index (χ3n) is 2.05. The lowest BCUT2D eigenvalue weighted by molar-refractivity contribution is 0.368. The number of hydrogen-bond donors (Lipinski definition) is 5. The van der Waals surface area contributed by atoms with Crippen LogP contribution in [-0.4, -0.2) is 21.9 Å². The number of benzene rings is 1. The molecule has 0 aliphatic rings. The summed E-state index contributed by atoms with van der Waals surface area (Å²) in [6.07, 6.45) is 5.16. The van der Waals surface area contributed by atoms with Gasteiger partial charge in [0.25, 0.3) is 0 Å². The molecule has 0 bridgehead atoms. The highest BCUT2D eigenvalue weighted by Crippen LogP contribution is 2.32. The van der Waals surface area contributed by atoms with Crippen molar-refractivity contribution >= 4 is 0 Å². The molecule has 0 amide bonds. The van der Waals surface area contributed by atoms with Crippen molar-refractivity contribution in [2.45, 2.75) is 32.6 Å². The fourth-order valence-electron chi connectivity index (χ4n) is 1.09. The summed E-state index contributed by atoms with van der Waals surface area (Å²) in [5.41, 5.74) is 5.27. The lowest BCUT2D eigenvalue weighted by Gasteiger charge is -1.96. The summed E-state index contributed by atoms with van der Waals surface area (Å²) in [5, 5.41) is 26.1. The van der Waals surface area contributed by atoms with E-state index in [4.69, 9.17) is 21.1 Å². The van der Waals surface area contributed by atoms with Gasteiger partial charge >= 0.3 is 0 Å². The second-order valence-electron chi connectivity index (χ2n) is 3.49. The number of phenols is 3. The van der Waals surface area contributed by atoms with Crippen LogP contribution >= 0.6 is 0 Å². The largest absolute Gasteiger partial charge is 0.504 e. The third kappa shape index (κ3) is 8.36. The lowest BCUT2D eigenvalue weighted by atomic mass is 10.2. The number of rotatable bonds is 4. The average molecular weight is 244 g/mol. The molecule has 0 unspecified atom stereocenters. The second-order valence-corrected chi connectivity index (χ2v) is 3.49. The highest BCUT2D eigenvalue weighted by atomic mass is 16.3. The van der Waals surface area contributed by atoms with Gasteiger partial charge in [-0.05, 0) is 25.1 Å². The Labute approximate surface area is 102 Å². The van der Waals surface area contributed by atoms with Crippen LogP contribution in [0.1, 0.15) is 32.6 Å². The van der Waals surface area contributed by atoms with Gasteiger partial charge in [-0.15, -0.1) is 0 Å². The molecule has 1 rings (SSSR count). The van der Waals surface area contributed by atoms with Crippen LogP contribution < -0.4 is 11.9 Å². The van der Waals surface area contributed by atoms with Crippen molar-refractivity contribution in [3.63, 3.8) is 0 Å². The SMILES string of the molecule is CCCCCCN.N.Oc1cccc(O)c1O. The molecule has 100 valence electrons. The fourth-order valence-corrected chi connectivity index (χ4v) is 1.09. The zero-order valence-corrected chi connectivity index (χ0v) is 10.4. The summed E-state index contributed by atoms with van der Waals surface area (Å²) < 4.78 is 0. The van der Waals surface area contributed by atoms with Crippen LogP contribution in [0.2, 0.25) is 0 Å². The van der Waals surface area contributed by atoms with E-state index in [-0.39, 0.29) is 17.6 Å². The Kier molecular flexibility index (Phi) is 11.6. The quantitative estimate of drug-likeness (QED) is 0.411. The van der Waals surface area contributed by atoms with Crippen molar-refractivity contribution < 1.29 is 15.3 Å². The average Bonchev–Trinajstić information content (AvgIpc) is 2.27. The first kappa shape index (κ1) is 17.9. The van der Waals surface area contributed by atoms with Crippen LogP contribution in [0.5, 0.6) is 17.2 Å². The van der Waals surface area contributed by atoms with Crippen LogP contribution in [0, 0.1) is 0 Å². The smallest absolute Gasteiger partial charge is 0.200 e. The Morgan fingerprint density at radius 2 is 1.53 bits per heavy atom. The van der Waals surface area contributed by atoms with Gasteiger partial charge in [0, 0.05) is 0 Å². The van der Waals surface area contributed by atoms with E-state index in [1.165, 1.54) is 43.9 Å². The molecule has 0 aliphatic heterocycles. The van der Waals surface area contributed by atoms with Gasteiger partial charge < -0.3 is 27.2 Å². The lowest BCUT2D eigenvalue weighted by Crippen LogP contribution is -1.97. The summed E-state index contributed by atoms with van der Waals surface area (Å²) in [7, 11) is 0. The maximum absolute atomic E-state index is 8.71. The molecule has 0 fully saturated rings. The molecule has 0 radical (unpaired) electrons. The minimum Gasteiger partial charge on any atom is -0.504 e. The number of hydrogen-bond acceptors (Lipinski definition) is 5. The molecule has 8 N–H and O–H groups in total. The standard InChI is InChI=1S/C6H15N.C6H6O3.H3N/c1-2-3-4-5-6-7;7-4-2-1-3-5(8)6(4)9;/h2-7H2,1H3;1-3,7-9H;1H3. The molecule has 0 spiro atoms. The molecule has 0 saturated carbocycles. The Bertz CT molecular complexity index is 269. The first-order valence-electron chi connectivity index (χ1n) is 5.53. The van der Waals surface area contributed by atoms with E-state index in [0.717, 1.165) is 6.54 Å². The Balaban J connectivity index is 0. The van der Waals surface area contributed by atoms with Gasteiger partial charge in [0.2, 0.25) is 0 Å². The molecule has 0 saturated heterocycles. The molecule has 0 aromatic heterocycles. The van der Waals surface area contributed by atoms with Gasteiger partial charge in [0.05, 0.1) is 0 Å². The van der Waals surface area contributed by atoms with Gasteiger partial charge in [0.1, 0.15) is 0 Å². The molecule has 5 nitrogen and oxygen atoms in total. The van der Waals surface area contributed by atoms with Crippen molar-refractivity contribution in [1.29, 1.82) is 0 Å². The minimum absolute atomic E-state index is 0. The molecule has 17 heavy (non-hydrogen) atoms. The van der Waals surface area contributed by atoms with Crippen LogP contribution in [0.4, 0.5) is 0 Å². The molecule has 1 aromatic carbocycles.